The molecule has 236 valence electrons. The molecule has 2 fully saturated rings. The van der Waals surface area contributed by atoms with Gasteiger partial charge in [-0.1, -0.05) is 36.2 Å². The van der Waals surface area contributed by atoms with Gasteiger partial charge in [-0.15, -0.1) is 11.8 Å². The van der Waals surface area contributed by atoms with E-state index in [4.69, 9.17) is 26.2 Å². The molecule has 0 saturated heterocycles. The van der Waals surface area contributed by atoms with E-state index in [-0.39, 0.29) is 18.1 Å². The van der Waals surface area contributed by atoms with Gasteiger partial charge in [0.05, 0.1) is 18.3 Å². The number of aromatic nitrogens is 1. The van der Waals surface area contributed by atoms with Crippen LogP contribution in [-0.2, 0) is 21.7 Å². The van der Waals surface area contributed by atoms with E-state index in [9.17, 15) is 9.90 Å². The lowest BCUT2D eigenvalue weighted by molar-refractivity contribution is -0.129. The summed E-state index contributed by atoms with van der Waals surface area (Å²) in [6, 6.07) is 16.4. The number of carbonyl (C=O) groups is 1. The number of pyridine rings is 1. The summed E-state index contributed by atoms with van der Waals surface area (Å²) in [6.45, 7) is 1.06. The predicted molar refractivity (Wildman–Crippen MR) is 175 cm³/mol. The molecule has 3 aromatic rings. The highest BCUT2D eigenvalue weighted by Gasteiger charge is 2.47. The lowest BCUT2D eigenvalue weighted by atomic mass is 9.96. The molecule has 1 unspecified atom stereocenters. The lowest BCUT2D eigenvalue weighted by Crippen LogP contribution is -2.35. The number of halogens is 1. The van der Waals surface area contributed by atoms with Crippen LogP contribution >= 0.6 is 23.4 Å². The van der Waals surface area contributed by atoms with Crippen molar-refractivity contribution in [3.8, 4) is 16.9 Å². The average molecular weight is 639 g/mol. The average Bonchev–Trinajstić information content (AvgIpc) is 3.98. The Morgan fingerprint density at radius 3 is 2.70 bits per heavy atom. The summed E-state index contributed by atoms with van der Waals surface area (Å²) in [5, 5.41) is 22.2. The largest absolute Gasteiger partial charge is 0.490 e. The second-order valence-electron chi connectivity index (χ2n) is 11.7. The van der Waals surface area contributed by atoms with Gasteiger partial charge in [-0.3, -0.25) is 9.78 Å². The third-order valence-corrected chi connectivity index (χ3v) is 9.56. The number of benzene rings is 2. The van der Waals surface area contributed by atoms with Crippen LogP contribution in [0.4, 0.5) is 0 Å². The highest BCUT2D eigenvalue weighted by atomic mass is 35.5. The van der Waals surface area contributed by atoms with E-state index < -0.39 is 6.10 Å². The molecule has 0 aliphatic heterocycles. The number of hydrogen-bond donors (Lipinski definition) is 3. The highest BCUT2D eigenvalue weighted by Crippen LogP contribution is 2.53. The van der Waals surface area contributed by atoms with E-state index in [0.29, 0.717) is 43.5 Å². The molecule has 1 heterocycles. The van der Waals surface area contributed by atoms with Gasteiger partial charge in [0.2, 0.25) is 5.91 Å². The molecule has 44 heavy (non-hydrogen) atoms. The smallest absolute Gasteiger partial charge is 0.248 e. The summed E-state index contributed by atoms with van der Waals surface area (Å²) >= 11 is 8.41. The molecule has 9 heteroatoms. The number of aliphatic hydroxyl groups is 2. The fourth-order valence-electron chi connectivity index (χ4n) is 5.23. The Morgan fingerprint density at radius 1 is 1.07 bits per heavy atom. The van der Waals surface area contributed by atoms with Crippen LogP contribution in [-0.4, -0.2) is 52.2 Å². The van der Waals surface area contributed by atoms with Crippen molar-refractivity contribution in [3.63, 3.8) is 0 Å². The Balaban J connectivity index is 1.10. The van der Waals surface area contributed by atoms with E-state index in [0.717, 1.165) is 83.6 Å². The lowest BCUT2D eigenvalue weighted by Gasteiger charge is -2.22. The van der Waals surface area contributed by atoms with Crippen LogP contribution < -0.4 is 10.1 Å². The summed E-state index contributed by atoms with van der Waals surface area (Å²) in [5.74, 6) is 1.55. The van der Waals surface area contributed by atoms with Gasteiger partial charge in [-0.25, -0.2) is 0 Å². The van der Waals surface area contributed by atoms with E-state index >= 15 is 0 Å². The second-order valence-corrected chi connectivity index (χ2v) is 13.3. The van der Waals surface area contributed by atoms with E-state index in [2.05, 4.69) is 40.6 Å². The van der Waals surface area contributed by atoms with Gasteiger partial charge in [0.15, 0.2) is 0 Å². The Kier molecular flexibility index (Phi) is 12.0. The quantitative estimate of drug-likeness (QED) is 0.0955. The normalized spacial score (nSPS) is 16.0. The van der Waals surface area contributed by atoms with Crippen molar-refractivity contribution in [1.82, 2.24) is 10.3 Å². The number of hydrogen-bond acceptors (Lipinski definition) is 7. The number of nitrogens with one attached hydrogen (secondary N) is 1. The maximum atomic E-state index is 11.9. The first-order chi connectivity index (χ1) is 21.5. The Morgan fingerprint density at radius 2 is 1.91 bits per heavy atom. The maximum absolute atomic E-state index is 11.9. The Hall–Kier alpha value is -2.62. The van der Waals surface area contributed by atoms with E-state index in [1.807, 2.05) is 30.6 Å². The summed E-state index contributed by atoms with van der Waals surface area (Å²) in [5.41, 5.74) is 3.88. The van der Waals surface area contributed by atoms with Gasteiger partial charge in [-0.05, 0) is 105 Å². The minimum absolute atomic E-state index is 0.0810. The van der Waals surface area contributed by atoms with Gasteiger partial charge in [-0.2, -0.15) is 0 Å². The van der Waals surface area contributed by atoms with Crippen molar-refractivity contribution in [2.45, 2.75) is 93.5 Å². The molecule has 0 bridgehead atoms. The molecule has 2 aromatic carbocycles. The van der Waals surface area contributed by atoms with Gasteiger partial charge < -0.3 is 25.0 Å². The third kappa shape index (κ3) is 9.21. The van der Waals surface area contributed by atoms with Crippen LogP contribution in [0, 0.1) is 0 Å². The zero-order valence-corrected chi connectivity index (χ0v) is 26.8. The fraction of sp³-hybridized carbons (Fsp3) is 0.486. The first kappa shape index (κ1) is 32.8. The molecule has 1 aromatic heterocycles. The molecular formula is C35H43ClN2O5S. The zero-order valence-electron chi connectivity index (χ0n) is 25.2. The monoisotopic (exact) mass is 638 g/mol. The molecule has 0 spiro atoms. The van der Waals surface area contributed by atoms with Crippen molar-refractivity contribution in [2.24, 2.45) is 0 Å². The number of nitrogens with zero attached hydrogens (tertiary/aromatic N) is 1. The summed E-state index contributed by atoms with van der Waals surface area (Å²) in [7, 11) is 0. The summed E-state index contributed by atoms with van der Waals surface area (Å²) in [4.78, 5) is 17.6. The van der Waals surface area contributed by atoms with Gasteiger partial charge in [0, 0.05) is 46.6 Å². The number of carbonyl (C=O) groups excluding carboxylic acids is 1. The third-order valence-electron chi connectivity index (χ3n) is 8.11. The number of para-hydroxylation sites is 1. The molecule has 5 rings (SSSR count). The Labute approximate surface area is 269 Å². The van der Waals surface area contributed by atoms with Crippen molar-refractivity contribution in [3.05, 3.63) is 77.1 Å². The minimum atomic E-state index is -0.996. The number of amides is 1. The standard InChI is InChI=1S/C35H43ClN2O5S/c36-31-14-13-27(44-21-7-1-5-18-38-34(41)32(40)9-4-6-20-39)22-25(31)24-42-35(16-17-35)30-23-37-19-15-28(30)29-8-2-3-10-33(29)43-26-11-12-26/h2-3,8,10,13-15,19,22-23,26,32,39-40H,1,4-7,9,11-12,16-18,20-21,24H2,(H,38,41). The van der Waals surface area contributed by atoms with Crippen molar-refractivity contribution in [1.29, 1.82) is 0 Å². The van der Waals surface area contributed by atoms with Gasteiger partial charge in [0.1, 0.15) is 11.9 Å². The van der Waals surface area contributed by atoms with Crippen molar-refractivity contribution >= 4 is 29.3 Å². The van der Waals surface area contributed by atoms with Crippen molar-refractivity contribution < 1.29 is 24.5 Å². The number of aliphatic hydroxyl groups excluding tert-OH is 2. The van der Waals surface area contributed by atoms with Crippen LogP contribution in [0.25, 0.3) is 11.1 Å². The Bertz CT molecular complexity index is 1380. The van der Waals surface area contributed by atoms with E-state index in [1.165, 1.54) is 0 Å². The number of ether oxygens (including phenoxy) is 2. The fourth-order valence-corrected chi connectivity index (χ4v) is 6.37. The van der Waals surface area contributed by atoms with Crippen LogP contribution in [0.1, 0.15) is 75.3 Å². The minimum Gasteiger partial charge on any atom is -0.490 e. The molecule has 7 nitrogen and oxygen atoms in total. The zero-order chi connectivity index (χ0) is 30.8. The van der Waals surface area contributed by atoms with Gasteiger partial charge >= 0.3 is 0 Å². The number of unbranched alkanes of at least 4 members (excludes halogenated alkanes) is 3. The van der Waals surface area contributed by atoms with Crippen LogP contribution in [0.15, 0.2) is 65.8 Å². The van der Waals surface area contributed by atoms with Crippen molar-refractivity contribution in [2.75, 3.05) is 18.9 Å². The topological polar surface area (TPSA) is 101 Å². The molecule has 2 saturated carbocycles. The second kappa shape index (κ2) is 16.1. The maximum Gasteiger partial charge on any atom is 0.248 e. The van der Waals surface area contributed by atoms with Crippen LogP contribution in [0.5, 0.6) is 5.75 Å². The summed E-state index contributed by atoms with van der Waals surface area (Å²) < 4.78 is 12.9. The number of rotatable bonds is 19. The number of thioether (sulfide) groups is 1. The first-order valence-corrected chi connectivity index (χ1v) is 17.2. The van der Waals surface area contributed by atoms with E-state index in [1.54, 1.807) is 11.8 Å². The summed E-state index contributed by atoms with van der Waals surface area (Å²) in [6.07, 6.45) is 11.7. The molecular weight excluding hydrogens is 596 g/mol. The van der Waals surface area contributed by atoms with Gasteiger partial charge in [0.25, 0.3) is 0 Å². The first-order valence-electron chi connectivity index (χ1n) is 15.8. The van der Waals surface area contributed by atoms with Crippen LogP contribution in [0.2, 0.25) is 5.02 Å². The highest BCUT2D eigenvalue weighted by molar-refractivity contribution is 7.99. The van der Waals surface area contributed by atoms with Crippen LogP contribution in [0.3, 0.4) is 0 Å². The molecule has 3 N–H and O–H groups in total. The SMILES string of the molecule is O=C(NCCCCCSc1ccc(Cl)c(COC2(c3cnccc3-c3ccccc3OC3CC3)CC2)c1)C(O)CCCCO. The molecule has 2 aliphatic rings. The molecule has 1 amide bonds. The predicted octanol–water partition coefficient (Wildman–Crippen LogP) is 7.05. The molecule has 1 atom stereocenters. The molecule has 0 radical (unpaired) electrons. The molecule has 2 aliphatic carbocycles.